The number of piperazine rings is 2. The fourth-order valence-electron chi connectivity index (χ4n) is 5.72. The van der Waals surface area contributed by atoms with Gasteiger partial charge in [0.2, 0.25) is 6.04 Å². The maximum atomic E-state index is 12.8. The van der Waals surface area contributed by atoms with E-state index in [2.05, 4.69) is 20.2 Å². The second-order valence-electron chi connectivity index (χ2n) is 13.8. The second-order valence-corrected chi connectivity index (χ2v) is 13.8. The second kappa shape index (κ2) is 13.2. The van der Waals surface area contributed by atoms with Gasteiger partial charge in [0.25, 0.3) is 17.6 Å². The summed E-state index contributed by atoms with van der Waals surface area (Å²) >= 11 is 0. The normalized spacial score (nSPS) is 20.4. The van der Waals surface area contributed by atoms with Crippen molar-refractivity contribution in [3.63, 3.8) is 0 Å². The Morgan fingerprint density at radius 2 is 1.43 bits per heavy atom. The number of nitrogens with two attached hydrogens (primary N) is 1. The van der Waals surface area contributed by atoms with Crippen molar-refractivity contribution >= 4 is 35.3 Å². The van der Waals surface area contributed by atoms with Crippen LogP contribution in [0, 0.1) is 0 Å². The van der Waals surface area contributed by atoms with E-state index >= 15 is 0 Å². The van der Waals surface area contributed by atoms with Crippen molar-refractivity contribution in [3.8, 4) is 5.75 Å². The first-order chi connectivity index (χ1) is 22.1. The minimum absolute atomic E-state index is 0.308. The molecule has 2 saturated heterocycles. The highest BCUT2D eigenvalue weighted by molar-refractivity contribution is 6.10. The number of carbonyl (C=O) groups is 3. The number of carbonyl (C=O) groups excluding carboxylic acids is 3. The van der Waals surface area contributed by atoms with Gasteiger partial charge >= 0.3 is 12.2 Å². The predicted octanol–water partition coefficient (Wildman–Crippen LogP) is 2.62. The third-order valence-electron chi connectivity index (χ3n) is 7.95. The summed E-state index contributed by atoms with van der Waals surface area (Å²) in [5.41, 5.74) is 9.71. The SMILES string of the molecule is COc1cc(N2CCN(C(=O)OC(C)(C)C)CC2)ccc1NN1C=C(N2CCN(C(=O)OC(C)(C)C)CC2)[N+]2C=CN=C2C1C(N)=O. The number of nitrogens with one attached hydrogen (secondary N) is 1. The first-order valence-corrected chi connectivity index (χ1v) is 15.9. The minimum atomic E-state index is -0.901. The minimum Gasteiger partial charge on any atom is -0.494 e. The molecule has 3 N–H and O–H groups in total. The lowest BCUT2D eigenvalue weighted by Crippen LogP contribution is -2.61. The van der Waals surface area contributed by atoms with E-state index in [1.165, 1.54) is 0 Å². The number of fused-ring (bicyclic) bond motifs is 1. The zero-order valence-corrected chi connectivity index (χ0v) is 28.4. The molecule has 0 saturated carbocycles. The van der Waals surface area contributed by atoms with Gasteiger partial charge in [-0.15, -0.1) is 0 Å². The number of ether oxygens (including phenoxy) is 3. The fourth-order valence-corrected chi connectivity index (χ4v) is 5.72. The number of anilines is 2. The molecule has 255 valence electrons. The summed E-state index contributed by atoms with van der Waals surface area (Å²) in [7, 11) is 1.59. The van der Waals surface area contributed by atoms with E-state index in [0.29, 0.717) is 69.6 Å². The van der Waals surface area contributed by atoms with Gasteiger partial charge < -0.3 is 39.5 Å². The van der Waals surface area contributed by atoms with Crippen molar-refractivity contribution < 1.29 is 28.6 Å². The number of hydrogen-bond donors (Lipinski definition) is 2. The predicted molar refractivity (Wildman–Crippen MR) is 178 cm³/mol. The van der Waals surface area contributed by atoms with Crippen molar-refractivity contribution in [1.82, 2.24) is 24.6 Å². The van der Waals surface area contributed by atoms with Crippen LogP contribution in [0.4, 0.5) is 21.0 Å². The molecule has 15 nitrogen and oxygen atoms in total. The van der Waals surface area contributed by atoms with Crippen molar-refractivity contribution in [1.29, 1.82) is 0 Å². The molecule has 0 spiro atoms. The van der Waals surface area contributed by atoms with E-state index in [1.54, 1.807) is 34.3 Å². The zero-order valence-electron chi connectivity index (χ0n) is 28.4. The molecule has 5 rings (SSSR count). The number of primary amides is 1. The van der Waals surface area contributed by atoms with E-state index in [9.17, 15) is 14.4 Å². The number of rotatable bonds is 6. The number of hydrazine groups is 1. The summed E-state index contributed by atoms with van der Waals surface area (Å²) in [5.74, 6) is 1.24. The van der Waals surface area contributed by atoms with Gasteiger partial charge in [-0.25, -0.2) is 9.59 Å². The van der Waals surface area contributed by atoms with Gasteiger partial charge in [0, 0.05) is 64.1 Å². The van der Waals surface area contributed by atoms with Crippen LogP contribution in [0.1, 0.15) is 41.5 Å². The number of hydrogen-bond acceptors (Lipinski definition) is 12. The summed E-state index contributed by atoms with van der Waals surface area (Å²) in [5, 5.41) is 1.65. The Labute approximate surface area is 276 Å². The van der Waals surface area contributed by atoms with Gasteiger partial charge in [-0.3, -0.25) is 15.2 Å². The Bertz CT molecular complexity index is 1450. The molecule has 4 aliphatic heterocycles. The topological polar surface area (TPSA) is 151 Å². The molecule has 1 aromatic rings. The quantitative estimate of drug-likeness (QED) is 0.439. The Morgan fingerprint density at radius 3 is 1.94 bits per heavy atom. The van der Waals surface area contributed by atoms with Crippen LogP contribution in [0.2, 0.25) is 0 Å². The van der Waals surface area contributed by atoms with E-state index in [1.807, 2.05) is 70.8 Å². The molecule has 4 heterocycles. The van der Waals surface area contributed by atoms with Gasteiger partial charge in [-0.05, 0) is 58.6 Å². The Morgan fingerprint density at radius 1 is 0.872 bits per heavy atom. The zero-order chi connectivity index (χ0) is 34.1. The standard InChI is InChI=1S/C32H47N9O6/c1-31(2,3)46-29(43)38-16-12-36(13-17-38)22-8-9-23(24(20-22)45-7)35-41-21-25(40-11-10-34-28(40)26(41)27(33)42)37-14-18-39(19-15-37)30(44)47-32(4,5)6/h8-11,20-21,26,35H,12-19H2,1-7H3,(H2,33,42)/q+1. The molecule has 1 atom stereocenters. The Kier molecular flexibility index (Phi) is 9.48. The third kappa shape index (κ3) is 7.84. The molecule has 0 aromatic heterocycles. The van der Waals surface area contributed by atoms with Crippen LogP contribution >= 0.6 is 0 Å². The molecule has 4 aliphatic rings. The van der Waals surface area contributed by atoms with Crippen LogP contribution in [-0.4, -0.2) is 120 Å². The molecule has 15 heteroatoms. The van der Waals surface area contributed by atoms with Crippen molar-refractivity contribution in [2.24, 2.45) is 10.7 Å². The highest BCUT2D eigenvalue weighted by Gasteiger charge is 2.50. The highest BCUT2D eigenvalue weighted by atomic mass is 16.6. The molecule has 1 radical (unpaired) electrons. The molecular formula is C32H47N9O6+. The third-order valence-corrected chi connectivity index (χ3v) is 7.95. The van der Waals surface area contributed by atoms with E-state index < -0.39 is 23.2 Å². The monoisotopic (exact) mass is 653 g/mol. The van der Waals surface area contributed by atoms with Crippen molar-refractivity contribution in [2.75, 3.05) is 69.8 Å². The number of methoxy groups -OCH3 is 1. The molecule has 1 unspecified atom stereocenters. The number of amides is 3. The number of amidine groups is 1. The molecule has 1 aromatic carbocycles. The summed E-state index contributed by atoms with van der Waals surface area (Å²) in [6, 6.07) is 4.89. The van der Waals surface area contributed by atoms with Crippen LogP contribution in [0.15, 0.2) is 47.6 Å². The Balaban J connectivity index is 1.31. The van der Waals surface area contributed by atoms with Gasteiger partial charge in [-0.2, -0.15) is 4.99 Å². The molecule has 3 amide bonds. The number of nitrogens with zero attached hydrogens (tertiary/aromatic N) is 7. The molecule has 0 bridgehead atoms. The average molecular weight is 654 g/mol. The van der Waals surface area contributed by atoms with Crippen LogP contribution < -0.4 is 25.7 Å². The van der Waals surface area contributed by atoms with Crippen LogP contribution in [0.25, 0.3) is 0 Å². The first kappa shape index (κ1) is 33.7. The maximum Gasteiger partial charge on any atom is 0.410 e. The number of aliphatic imine (C=N–C) groups is 1. The van der Waals surface area contributed by atoms with Crippen LogP contribution in [0.5, 0.6) is 5.75 Å². The number of benzene rings is 1. The van der Waals surface area contributed by atoms with E-state index in [4.69, 9.17) is 19.9 Å². The van der Waals surface area contributed by atoms with Crippen molar-refractivity contribution in [2.45, 2.75) is 58.8 Å². The average Bonchev–Trinajstić information content (AvgIpc) is 3.49. The van der Waals surface area contributed by atoms with E-state index in [-0.39, 0.29) is 12.2 Å². The lowest BCUT2D eigenvalue weighted by molar-refractivity contribution is -0.120. The van der Waals surface area contributed by atoms with Crippen molar-refractivity contribution in [3.05, 3.63) is 42.6 Å². The highest BCUT2D eigenvalue weighted by Crippen LogP contribution is 2.33. The van der Waals surface area contributed by atoms with Crippen LogP contribution in [-0.2, 0) is 14.3 Å². The first-order valence-electron chi connectivity index (χ1n) is 15.9. The molecule has 2 fully saturated rings. The summed E-state index contributed by atoms with van der Waals surface area (Å²) < 4.78 is 16.9. The van der Waals surface area contributed by atoms with Gasteiger partial charge in [0.1, 0.15) is 23.2 Å². The summed E-state index contributed by atoms with van der Waals surface area (Å²) in [4.78, 5) is 52.1. The van der Waals surface area contributed by atoms with Gasteiger partial charge in [0.15, 0.2) is 6.20 Å². The summed E-state index contributed by atoms with van der Waals surface area (Å²) in [6.07, 6.45) is 4.62. The Hall–Kier alpha value is -4.66. The van der Waals surface area contributed by atoms with Crippen LogP contribution in [0.3, 0.4) is 0 Å². The molecular weight excluding hydrogens is 606 g/mol. The van der Waals surface area contributed by atoms with E-state index in [0.717, 1.165) is 11.5 Å². The summed E-state index contributed by atoms with van der Waals surface area (Å²) in [6.45, 7) is 15.5. The lowest BCUT2D eigenvalue weighted by Gasteiger charge is -2.39. The van der Waals surface area contributed by atoms with Gasteiger partial charge in [-0.1, -0.05) is 0 Å². The lowest BCUT2D eigenvalue weighted by atomic mass is 10.1. The van der Waals surface area contributed by atoms with Gasteiger partial charge in [0.05, 0.1) is 19.0 Å². The largest absolute Gasteiger partial charge is 0.494 e. The molecule has 47 heavy (non-hydrogen) atoms. The smallest absolute Gasteiger partial charge is 0.410 e. The fraction of sp³-hybridized carbons (Fsp3) is 0.562. The molecule has 0 aliphatic carbocycles. The maximum absolute atomic E-state index is 12.8.